The van der Waals surface area contributed by atoms with Gasteiger partial charge in [0.25, 0.3) is 0 Å². The van der Waals surface area contributed by atoms with Gasteiger partial charge in [-0.2, -0.15) is 10.4 Å². The Bertz CT molecular complexity index is 1850. The maximum Gasteiger partial charge on any atom is 0.217 e. The lowest BCUT2D eigenvalue weighted by Crippen LogP contribution is -2.47. The van der Waals surface area contributed by atoms with E-state index < -0.39 is 22.5 Å². The smallest absolute Gasteiger partial charge is 0.217 e. The minimum Gasteiger partial charge on any atom is -0.469 e. The van der Waals surface area contributed by atoms with Crippen LogP contribution in [0, 0.1) is 11.3 Å². The zero-order valence-electron chi connectivity index (χ0n) is 30.0. The van der Waals surface area contributed by atoms with Crippen molar-refractivity contribution < 1.29 is 23.4 Å². The van der Waals surface area contributed by atoms with Crippen molar-refractivity contribution in [1.82, 2.24) is 19.3 Å². The van der Waals surface area contributed by atoms with Gasteiger partial charge in [-0.05, 0) is 35.8 Å². The second-order valence-electron chi connectivity index (χ2n) is 15.9. The lowest BCUT2D eigenvalue weighted by Gasteiger charge is -2.39. The summed E-state index contributed by atoms with van der Waals surface area (Å²) in [4.78, 5) is 4.99. The van der Waals surface area contributed by atoms with E-state index in [1.54, 1.807) is 4.68 Å². The van der Waals surface area contributed by atoms with Crippen LogP contribution in [0.3, 0.4) is 0 Å². The monoisotopic (exact) mass is 721 g/mol. The first kappa shape index (κ1) is 35.8. The summed E-state index contributed by atoms with van der Waals surface area (Å²) in [5, 5.41) is 15.4. The van der Waals surface area contributed by atoms with Gasteiger partial charge in [-0.25, -0.2) is 4.98 Å². The van der Waals surface area contributed by atoms with E-state index in [1.165, 1.54) is 0 Å². The lowest BCUT2D eigenvalue weighted by atomic mass is 10.0. The molecule has 3 aromatic heterocycles. The van der Waals surface area contributed by atoms with Crippen LogP contribution in [0.25, 0.3) is 33.4 Å². The number of nitriles is 1. The number of aryl methyl sites for hydroxylation is 1. The molecule has 0 N–H and O–H groups in total. The second kappa shape index (κ2) is 13.6. The third-order valence-electron chi connectivity index (χ3n) is 9.95. The van der Waals surface area contributed by atoms with Crippen LogP contribution in [-0.4, -0.2) is 80.0 Å². The molecule has 2 fully saturated rings. The van der Waals surface area contributed by atoms with Crippen molar-refractivity contribution in [3.63, 3.8) is 0 Å². The number of fused-ring (bicyclic) bond motifs is 2. The maximum atomic E-state index is 10.6. The Kier molecular flexibility index (Phi) is 9.93. The molecular formula is C36H48ClN5O5Si2. The highest BCUT2D eigenvalue weighted by molar-refractivity contribution is 6.76. The largest absolute Gasteiger partial charge is 0.469 e. The van der Waals surface area contributed by atoms with E-state index >= 15 is 0 Å². The Morgan fingerprint density at radius 3 is 2.27 bits per heavy atom. The molecular weight excluding hydrogens is 674 g/mol. The van der Waals surface area contributed by atoms with Crippen molar-refractivity contribution in [2.45, 2.75) is 95.7 Å². The standard InChI is InChI=1S/C36H48ClN5O5Si2/c1-36(2,3)49(8,9)47-30-21-45-33-29(20-44-34(30)33)46-35-26(17-38)32-28(42(35)22-43-14-15-48(5,6)7)16-27(37)31(40-32)24-12-10-23(11-13-24)25-18-39-41(4)19-25/h10-13,16,18-19,29-30,33-34H,14-15,20-22H2,1-9H3/t29-,30-,33-,34-/m1/s1. The topological polar surface area (TPSA) is 106 Å². The van der Waals surface area contributed by atoms with Crippen LogP contribution < -0.4 is 4.74 Å². The summed E-state index contributed by atoms with van der Waals surface area (Å²) in [7, 11) is -1.48. The highest BCUT2D eigenvalue weighted by Gasteiger charge is 2.52. The molecule has 0 radical (unpaired) electrons. The molecule has 0 unspecified atom stereocenters. The Balaban J connectivity index is 1.32. The van der Waals surface area contributed by atoms with E-state index in [0.29, 0.717) is 53.0 Å². The molecule has 0 saturated carbocycles. The number of nitrogens with zero attached hydrogens (tertiary/aromatic N) is 5. The van der Waals surface area contributed by atoms with Gasteiger partial charge in [-0.3, -0.25) is 9.25 Å². The first-order valence-corrected chi connectivity index (χ1v) is 23.9. The van der Waals surface area contributed by atoms with Crippen molar-refractivity contribution in [3.8, 4) is 34.3 Å². The molecule has 0 bridgehead atoms. The van der Waals surface area contributed by atoms with E-state index in [9.17, 15) is 5.26 Å². The fourth-order valence-electron chi connectivity index (χ4n) is 6.02. The summed E-state index contributed by atoms with van der Waals surface area (Å²) in [5.41, 5.74) is 4.97. The summed E-state index contributed by atoms with van der Waals surface area (Å²) in [6.07, 6.45) is 2.62. The molecule has 262 valence electrons. The summed E-state index contributed by atoms with van der Waals surface area (Å²) in [5.74, 6) is 0.379. The van der Waals surface area contributed by atoms with Crippen LogP contribution in [-0.2, 0) is 32.4 Å². The molecule has 0 amide bonds. The predicted molar refractivity (Wildman–Crippen MR) is 197 cm³/mol. The van der Waals surface area contributed by atoms with Crippen molar-refractivity contribution >= 4 is 39.0 Å². The zero-order valence-corrected chi connectivity index (χ0v) is 32.8. The van der Waals surface area contributed by atoms with E-state index in [4.69, 9.17) is 40.0 Å². The zero-order chi connectivity index (χ0) is 35.3. The van der Waals surface area contributed by atoms with Gasteiger partial charge < -0.3 is 23.4 Å². The third kappa shape index (κ3) is 7.40. The average molecular weight is 722 g/mol. The molecule has 4 atom stereocenters. The Hall–Kier alpha value is -3.03. The van der Waals surface area contributed by atoms with Gasteiger partial charge in [0.05, 0.1) is 41.7 Å². The van der Waals surface area contributed by atoms with Crippen LogP contribution in [0.2, 0.25) is 48.8 Å². The summed E-state index contributed by atoms with van der Waals surface area (Å²) >= 11 is 6.94. The minimum absolute atomic E-state index is 0.0618. The SMILES string of the molecule is Cn1cc(-c2ccc(-c3nc4c(C#N)c(O[C@@H]5CO[C@H]6[C@@H]5OC[C@H]6O[Si](C)(C)C(C)(C)C)n(COCC[Si](C)(C)C)c4cc3Cl)cc2)cn1. The molecule has 4 aromatic rings. The Labute approximate surface area is 296 Å². The van der Waals surface area contributed by atoms with Crippen molar-refractivity contribution in [2.24, 2.45) is 7.05 Å². The van der Waals surface area contributed by atoms with Crippen LogP contribution in [0.4, 0.5) is 0 Å². The predicted octanol–water partition coefficient (Wildman–Crippen LogP) is 7.88. The summed E-state index contributed by atoms with van der Waals surface area (Å²) in [6.45, 7) is 19.7. The van der Waals surface area contributed by atoms with Crippen LogP contribution in [0.5, 0.6) is 5.88 Å². The number of hydrogen-bond donors (Lipinski definition) is 0. The normalized spacial score (nSPS) is 21.3. The van der Waals surface area contributed by atoms with E-state index in [-0.39, 0.29) is 30.1 Å². The molecule has 49 heavy (non-hydrogen) atoms. The molecule has 13 heteroatoms. The molecule has 1 aromatic carbocycles. The van der Waals surface area contributed by atoms with Crippen molar-refractivity contribution in [3.05, 3.63) is 53.3 Å². The fraction of sp³-hybridized carbons (Fsp3) is 0.528. The number of benzene rings is 1. The average Bonchev–Trinajstić information content (AvgIpc) is 3.79. The highest BCUT2D eigenvalue weighted by atomic mass is 35.5. The fourth-order valence-corrected chi connectivity index (χ4v) is 8.35. The van der Waals surface area contributed by atoms with Gasteiger partial charge in [0, 0.05) is 39.1 Å². The van der Waals surface area contributed by atoms with Gasteiger partial charge >= 0.3 is 0 Å². The molecule has 10 nitrogen and oxygen atoms in total. The van der Waals surface area contributed by atoms with E-state index in [0.717, 1.165) is 22.7 Å². The van der Waals surface area contributed by atoms with Crippen LogP contribution in [0.15, 0.2) is 42.7 Å². The second-order valence-corrected chi connectivity index (χ2v) is 26.7. The van der Waals surface area contributed by atoms with Gasteiger partial charge in [0.15, 0.2) is 14.4 Å². The highest BCUT2D eigenvalue weighted by Crippen LogP contribution is 2.42. The maximum absolute atomic E-state index is 10.6. The molecule has 5 heterocycles. The Morgan fingerprint density at radius 1 is 1.00 bits per heavy atom. The molecule has 2 saturated heterocycles. The quantitative estimate of drug-likeness (QED) is 0.114. The number of aromatic nitrogens is 4. The number of halogens is 1. The summed E-state index contributed by atoms with van der Waals surface area (Å²) < 4.78 is 35.9. The molecule has 2 aliphatic rings. The lowest BCUT2D eigenvalue weighted by molar-refractivity contribution is 0.00849. The van der Waals surface area contributed by atoms with E-state index in [2.05, 4.69) is 64.7 Å². The van der Waals surface area contributed by atoms with Gasteiger partial charge in [0.2, 0.25) is 5.88 Å². The van der Waals surface area contributed by atoms with Crippen LogP contribution >= 0.6 is 11.6 Å². The first-order chi connectivity index (χ1) is 23.1. The molecule has 6 rings (SSSR count). The number of rotatable bonds is 11. The Morgan fingerprint density at radius 2 is 1.65 bits per heavy atom. The van der Waals surface area contributed by atoms with Gasteiger partial charge in [0.1, 0.15) is 36.1 Å². The van der Waals surface area contributed by atoms with Gasteiger partial charge in [-0.1, -0.05) is 76.3 Å². The number of pyridine rings is 1. The van der Waals surface area contributed by atoms with Crippen LogP contribution in [0.1, 0.15) is 26.3 Å². The number of hydrogen-bond acceptors (Lipinski definition) is 8. The van der Waals surface area contributed by atoms with Gasteiger partial charge in [-0.15, -0.1) is 0 Å². The minimum atomic E-state index is -2.05. The van der Waals surface area contributed by atoms with Crippen molar-refractivity contribution in [1.29, 1.82) is 5.26 Å². The molecule has 2 aliphatic heterocycles. The number of ether oxygens (including phenoxy) is 4. The van der Waals surface area contributed by atoms with E-state index in [1.807, 2.05) is 54.3 Å². The molecule has 0 spiro atoms. The summed E-state index contributed by atoms with van der Waals surface area (Å²) in [6, 6.07) is 13.3. The first-order valence-electron chi connectivity index (χ1n) is 16.9. The third-order valence-corrected chi connectivity index (χ3v) is 16.4. The molecule has 0 aliphatic carbocycles. The van der Waals surface area contributed by atoms with Crippen molar-refractivity contribution in [2.75, 3.05) is 19.8 Å².